The molecule has 0 spiro atoms. The van der Waals surface area contributed by atoms with E-state index in [0.717, 1.165) is 18.5 Å². The molecule has 1 N–H and O–H groups in total. The van der Waals surface area contributed by atoms with E-state index in [4.69, 9.17) is 0 Å². The number of aliphatic hydroxyl groups is 1. The zero-order chi connectivity index (χ0) is 9.42. The molecule has 2 heteroatoms. The molecule has 0 aromatic rings. The van der Waals surface area contributed by atoms with Gasteiger partial charge in [-0.1, -0.05) is 12.2 Å². The van der Waals surface area contributed by atoms with Crippen molar-refractivity contribution in [2.75, 3.05) is 13.1 Å². The fourth-order valence-corrected chi connectivity index (χ4v) is 2.80. The number of hydrogen-bond donors (Lipinski definition) is 1. The van der Waals surface area contributed by atoms with Crippen molar-refractivity contribution < 1.29 is 5.11 Å². The summed E-state index contributed by atoms with van der Waals surface area (Å²) in [4.78, 5) is 2.43. The normalized spacial score (nSPS) is 40.3. The molecule has 74 valence electrons. The SMILES string of the molecule is C=C(C)[C@@H]1CCN2CCC[C@@H]2[C@H]1O. The second-order valence-electron chi connectivity index (χ2n) is 4.48. The first-order valence-corrected chi connectivity index (χ1v) is 5.27. The van der Waals surface area contributed by atoms with Crippen molar-refractivity contribution >= 4 is 0 Å². The molecule has 0 unspecified atom stereocenters. The molecule has 2 aliphatic heterocycles. The standard InChI is InChI=1S/C11H19NO/c1-8(2)9-5-7-12-6-3-4-10(12)11(9)13/h9-11,13H,1,3-7H2,2H3/t9-,10+,11-/m0/s1. The molecule has 0 radical (unpaired) electrons. The molecule has 0 aromatic heterocycles. The van der Waals surface area contributed by atoms with Gasteiger partial charge < -0.3 is 5.11 Å². The summed E-state index contributed by atoms with van der Waals surface area (Å²) in [7, 11) is 0. The van der Waals surface area contributed by atoms with Crippen LogP contribution < -0.4 is 0 Å². The van der Waals surface area contributed by atoms with Crippen LogP contribution in [0.15, 0.2) is 12.2 Å². The molecule has 3 atom stereocenters. The van der Waals surface area contributed by atoms with Gasteiger partial charge in [0.05, 0.1) is 6.10 Å². The van der Waals surface area contributed by atoms with Crippen LogP contribution in [-0.4, -0.2) is 35.2 Å². The van der Waals surface area contributed by atoms with Crippen molar-refractivity contribution in [2.45, 2.75) is 38.3 Å². The van der Waals surface area contributed by atoms with Gasteiger partial charge in [0, 0.05) is 12.0 Å². The number of aliphatic hydroxyl groups excluding tert-OH is 1. The van der Waals surface area contributed by atoms with Gasteiger partial charge in [-0.2, -0.15) is 0 Å². The van der Waals surface area contributed by atoms with Crippen LogP contribution in [0.2, 0.25) is 0 Å². The predicted molar refractivity (Wildman–Crippen MR) is 53.5 cm³/mol. The lowest BCUT2D eigenvalue weighted by molar-refractivity contribution is 0.00191. The molecule has 13 heavy (non-hydrogen) atoms. The van der Waals surface area contributed by atoms with Gasteiger partial charge in [-0.3, -0.25) is 4.90 Å². The Balaban J connectivity index is 2.08. The Morgan fingerprint density at radius 1 is 1.38 bits per heavy atom. The highest BCUT2D eigenvalue weighted by Crippen LogP contribution is 2.33. The Kier molecular flexibility index (Phi) is 2.43. The first-order valence-electron chi connectivity index (χ1n) is 5.27. The Bertz CT molecular complexity index is 214. The van der Waals surface area contributed by atoms with Crippen LogP contribution in [0.5, 0.6) is 0 Å². The fraction of sp³-hybridized carbons (Fsp3) is 0.818. The molecule has 0 amide bonds. The smallest absolute Gasteiger partial charge is 0.0760 e. The van der Waals surface area contributed by atoms with E-state index >= 15 is 0 Å². The second-order valence-corrected chi connectivity index (χ2v) is 4.48. The molecule has 2 heterocycles. The number of hydrogen-bond acceptors (Lipinski definition) is 2. The van der Waals surface area contributed by atoms with Crippen LogP contribution in [0.4, 0.5) is 0 Å². The maximum absolute atomic E-state index is 10.1. The van der Waals surface area contributed by atoms with Crippen LogP contribution in [0, 0.1) is 5.92 Å². The molecular weight excluding hydrogens is 162 g/mol. The molecule has 0 aliphatic carbocycles. The summed E-state index contributed by atoms with van der Waals surface area (Å²) < 4.78 is 0. The predicted octanol–water partition coefficient (Wildman–Crippen LogP) is 1.41. The highest BCUT2D eigenvalue weighted by Gasteiger charge is 2.39. The minimum absolute atomic E-state index is 0.159. The van der Waals surface area contributed by atoms with Crippen LogP contribution in [-0.2, 0) is 0 Å². The summed E-state index contributed by atoms with van der Waals surface area (Å²) in [6, 6.07) is 0.426. The molecule has 0 bridgehead atoms. The van der Waals surface area contributed by atoms with Crippen LogP contribution in [0.3, 0.4) is 0 Å². The molecule has 2 fully saturated rings. The third-order valence-corrected chi connectivity index (χ3v) is 3.58. The number of piperidine rings is 1. The maximum Gasteiger partial charge on any atom is 0.0760 e. The lowest BCUT2D eigenvalue weighted by atomic mass is 9.84. The quantitative estimate of drug-likeness (QED) is 0.618. The van der Waals surface area contributed by atoms with Gasteiger partial charge in [0.1, 0.15) is 0 Å². The Labute approximate surface area is 80.2 Å². The number of fused-ring (bicyclic) bond motifs is 1. The van der Waals surface area contributed by atoms with Gasteiger partial charge in [-0.25, -0.2) is 0 Å². The zero-order valence-electron chi connectivity index (χ0n) is 8.37. The lowest BCUT2D eigenvalue weighted by Crippen LogP contribution is -2.49. The largest absolute Gasteiger partial charge is 0.391 e. The van der Waals surface area contributed by atoms with E-state index < -0.39 is 0 Å². The van der Waals surface area contributed by atoms with Gasteiger partial charge in [-0.05, 0) is 39.3 Å². The molecule has 0 aromatic carbocycles. The van der Waals surface area contributed by atoms with E-state index in [2.05, 4.69) is 11.5 Å². The summed E-state index contributed by atoms with van der Waals surface area (Å²) in [5, 5.41) is 10.1. The van der Waals surface area contributed by atoms with Crippen LogP contribution >= 0.6 is 0 Å². The van der Waals surface area contributed by atoms with Crippen molar-refractivity contribution in [2.24, 2.45) is 5.92 Å². The van der Waals surface area contributed by atoms with E-state index in [1.54, 1.807) is 0 Å². The van der Waals surface area contributed by atoms with E-state index in [0.29, 0.717) is 12.0 Å². The minimum atomic E-state index is -0.159. The third kappa shape index (κ3) is 1.53. The number of nitrogens with zero attached hydrogens (tertiary/aromatic N) is 1. The van der Waals surface area contributed by atoms with E-state index in [-0.39, 0.29) is 6.10 Å². The highest BCUT2D eigenvalue weighted by atomic mass is 16.3. The first-order chi connectivity index (χ1) is 6.20. The average molecular weight is 181 g/mol. The molecule has 0 saturated carbocycles. The maximum atomic E-state index is 10.1. The van der Waals surface area contributed by atoms with Crippen molar-refractivity contribution in [3.63, 3.8) is 0 Å². The number of rotatable bonds is 1. The van der Waals surface area contributed by atoms with Crippen LogP contribution in [0.25, 0.3) is 0 Å². The fourth-order valence-electron chi connectivity index (χ4n) is 2.80. The highest BCUT2D eigenvalue weighted by molar-refractivity contribution is 5.06. The summed E-state index contributed by atoms with van der Waals surface area (Å²) >= 11 is 0. The molecule has 2 aliphatic rings. The van der Waals surface area contributed by atoms with Crippen molar-refractivity contribution in [3.05, 3.63) is 12.2 Å². The summed E-state index contributed by atoms with van der Waals surface area (Å²) in [5.74, 6) is 0.347. The van der Waals surface area contributed by atoms with Gasteiger partial charge in [0.2, 0.25) is 0 Å². The van der Waals surface area contributed by atoms with Gasteiger partial charge in [-0.15, -0.1) is 0 Å². The molecule has 2 saturated heterocycles. The van der Waals surface area contributed by atoms with Crippen LogP contribution in [0.1, 0.15) is 26.2 Å². The minimum Gasteiger partial charge on any atom is -0.391 e. The van der Waals surface area contributed by atoms with Crippen molar-refractivity contribution in [1.82, 2.24) is 4.90 Å². The molecule has 2 rings (SSSR count). The van der Waals surface area contributed by atoms with E-state index in [9.17, 15) is 5.11 Å². The molecular formula is C11H19NO. The first kappa shape index (κ1) is 9.22. The monoisotopic (exact) mass is 181 g/mol. The summed E-state index contributed by atoms with van der Waals surface area (Å²) in [6.45, 7) is 8.34. The topological polar surface area (TPSA) is 23.5 Å². The van der Waals surface area contributed by atoms with E-state index in [1.165, 1.54) is 19.4 Å². The van der Waals surface area contributed by atoms with Gasteiger partial charge in [0.25, 0.3) is 0 Å². The second kappa shape index (κ2) is 3.43. The lowest BCUT2D eigenvalue weighted by Gasteiger charge is -2.39. The van der Waals surface area contributed by atoms with Crippen molar-refractivity contribution in [3.8, 4) is 0 Å². The van der Waals surface area contributed by atoms with Gasteiger partial charge >= 0.3 is 0 Å². The summed E-state index contributed by atoms with van der Waals surface area (Å²) in [6.07, 6.45) is 3.36. The van der Waals surface area contributed by atoms with Gasteiger partial charge in [0.15, 0.2) is 0 Å². The zero-order valence-corrected chi connectivity index (χ0v) is 8.37. The Morgan fingerprint density at radius 2 is 2.15 bits per heavy atom. The Morgan fingerprint density at radius 3 is 2.85 bits per heavy atom. The average Bonchev–Trinajstić information content (AvgIpc) is 2.52. The summed E-state index contributed by atoms with van der Waals surface area (Å²) in [5.41, 5.74) is 1.15. The Hall–Kier alpha value is -0.340. The molecule has 2 nitrogen and oxygen atoms in total. The van der Waals surface area contributed by atoms with Crippen molar-refractivity contribution in [1.29, 1.82) is 0 Å². The van der Waals surface area contributed by atoms with E-state index in [1.807, 2.05) is 6.92 Å². The third-order valence-electron chi connectivity index (χ3n) is 3.58.